The minimum atomic E-state index is -0.785. The molecular weight excluding hydrogens is 628 g/mol. The molecule has 1 saturated carbocycles. The highest BCUT2D eigenvalue weighted by molar-refractivity contribution is 6.00. The van der Waals surface area contributed by atoms with Crippen molar-refractivity contribution >= 4 is 33.9 Å². The van der Waals surface area contributed by atoms with Crippen LogP contribution < -0.4 is 10.5 Å². The maximum absolute atomic E-state index is 13.9. The fourth-order valence-electron chi connectivity index (χ4n) is 7.58. The molecule has 0 spiro atoms. The number of aromatic nitrogens is 4. The van der Waals surface area contributed by atoms with Gasteiger partial charge in [0.25, 0.3) is 11.8 Å². The lowest BCUT2D eigenvalue weighted by Gasteiger charge is -2.39. The third-order valence-corrected chi connectivity index (χ3v) is 10.5. The van der Waals surface area contributed by atoms with Crippen LogP contribution in [0.25, 0.3) is 33.6 Å². The van der Waals surface area contributed by atoms with Crippen LogP contribution in [0, 0.1) is 29.4 Å². The molecule has 0 bridgehead atoms. The van der Waals surface area contributed by atoms with E-state index < -0.39 is 17.5 Å². The number of hydrogen-bond acceptors (Lipinski definition) is 6. The minimum Gasteiger partial charge on any atom is -0.494 e. The third kappa shape index (κ3) is 5.51. The van der Waals surface area contributed by atoms with E-state index in [4.69, 9.17) is 20.4 Å². The Balaban J connectivity index is 1.20. The van der Waals surface area contributed by atoms with E-state index in [9.17, 15) is 18.4 Å². The Bertz CT molecular complexity index is 2100. The van der Waals surface area contributed by atoms with Crippen molar-refractivity contribution < 1.29 is 23.1 Å². The average molecular weight is 668 g/mol. The molecule has 0 radical (unpaired) electrons. The second kappa shape index (κ2) is 11.9. The second-order valence-electron chi connectivity index (χ2n) is 14.1. The molecule has 3 fully saturated rings. The molecule has 12 heteroatoms. The maximum Gasteiger partial charge on any atom is 0.254 e. The van der Waals surface area contributed by atoms with Crippen LogP contribution in [-0.2, 0) is 13.1 Å². The van der Waals surface area contributed by atoms with Crippen molar-refractivity contribution in [2.24, 2.45) is 23.5 Å². The first kappa shape index (κ1) is 31.4. The zero-order chi connectivity index (χ0) is 34.1. The van der Waals surface area contributed by atoms with Crippen molar-refractivity contribution in [1.82, 2.24) is 28.9 Å². The predicted octanol–water partition coefficient (Wildman–Crippen LogP) is 5.33. The number of halogens is 2. The van der Waals surface area contributed by atoms with Crippen LogP contribution in [0.3, 0.4) is 0 Å². The summed E-state index contributed by atoms with van der Waals surface area (Å²) in [6.07, 6.45) is 4.13. The molecule has 3 unspecified atom stereocenters. The number of rotatable bonds is 8. The summed E-state index contributed by atoms with van der Waals surface area (Å²) >= 11 is 0. The van der Waals surface area contributed by atoms with E-state index in [2.05, 4.69) is 22.1 Å². The molecule has 2 N–H and O–H groups in total. The number of benzene rings is 2. The second-order valence-corrected chi connectivity index (χ2v) is 14.1. The van der Waals surface area contributed by atoms with Gasteiger partial charge >= 0.3 is 0 Å². The number of nitrogens with two attached hydrogens (primary N) is 1. The number of fused-ring (bicyclic) bond motifs is 2. The van der Waals surface area contributed by atoms with Crippen molar-refractivity contribution in [3.8, 4) is 17.3 Å². The molecule has 3 atom stereocenters. The van der Waals surface area contributed by atoms with Gasteiger partial charge in [0.2, 0.25) is 0 Å². The Morgan fingerprint density at radius 1 is 0.918 bits per heavy atom. The molecule has 8 rings (SSSR count). The molecule has 2 aliphatic heterocycles. The molecule has 10 nitrogen and oxygen atoms in total. The van der Waals surface area contributed by atoms with Gasteiger partial charge in [-0.25, -0.2) is 18.7 Å². The molecule has 2 aromatic carbocycles. The first-order valence-corrected chi connectivity index (χ1v) is 16.9. The summed E-state index contributed by atoms with van der Waals surface area (Å²) in [6.45, 7) is 6.77. The largest absolute Gasteiger partial charge is 0.494 e. The summed E-state index contributed by atoms with van der Waals surface area (Å²) in [4.78, 5) is 40.4. The third-order valence-electron chi connectivity index (χ3n) is 10.5. The number of pyridine rings is 1. The van der Waals surface area contributed by atoms with Crippen LogP contribution >= 0.6 is 0 Å². The van der Waals surface area contributed by atoms with Crippen molar-refractivity contribution in [3.63, 3.8) is 0 Å². The zero-order valence-corrected chi connectivity index (χ0v) is 27.8. The number of imidazole rings is 1. The first-order valence-electron chi connectivity index (χ1n) is 16.9. The summed E-state index contributed by atoms with van der Waals surface area (Å²) in [6, 6.07) is 12.4. The van der Waals surface area contributed by atoms with Gasteiger partial charge < -0.3 is 29.4 Å². The van der Waals surface area contributed by atoms with Gasteiger partial charge in [0.1, 0.15) is 28.5 Å². The van der Waals surface area contributed by atoms with E-state index in [-0.39, 0.29) is 35.4 Å². The van der Waals surface area contributed by atoms with Gasteiger partial charge in [-0.1, -0.05) is 6.92 Å². The number of carbonyl (C=O) groups is 2. The summed E-state index contributed by atoms with van der Waals surface area (Å²) in [5.74, 6) is -0.0518. The zero-order valence-electron chi connectivity index (χ0n) is 27.8. The Kier molecular flexibility index (Phi) is 7.66. The highest BCUT2D eigenvalue weighted by Crippen LogP contribution is 2.39. The fourth-order valence-corrected chi connectivity index (χ4v) is 7.58. The van der Waals surface area contributed by atoms with Gasteiger partial charge in [-0.3, -0.25) is 9.59 Å². The highest BCUT2D eigenvalue weighted by Gasteiger charge is 2.38. The van der Waals surface area contributed by atoms with Crippen LogP contribution in [0.1, 0.15) is 47.4 Å². The van der Waals surface area contributed by atoms with Crippen LogP contribution in [-0.4, -0.2) is 79.5 Å². The lowest BCUT2D eigenvalue weighted by molar-refractivity contribution is 0.0470. The number of likely N-dealkylation sites (tertiary alicyclic amines) is 2. The number of ether oxygens (including phenoxy) is 1. The number of carbonyl (C=O) groups excluding carboxylic acids is 2. The Morgan fingerprint density at radius 3 is 2.31 bits per heavy atom. The molecule has 49 heavy (non-hydrogen) atoms. The summed E-state index contributed by atoms with van der Waals surface area (Å²) in [5.41, 5.74) is 10.0. The number of methoxy groups -OCH3 is 1. The Hall–Kier alpha value is -4.84. The van der Waals surface area contributed by atoms with Gasteiger partial charge in [-0.15, -0.1) is 0 Å². The molecule has 5 heterocycles. The Labute approximate surface area is 282 Å². The average Bonchev–Trinajstić information content (AvgIpc) is 3.64. The van der Waals surface area contributed by atoms with Crippen molar-refractivity contribution in [1.29, 1.82) is 0 Å². The topological polar surface area (TPSA) is 112 Å². The smallest absolute Gasteiger partial charge is 0.254 e. The van der Waals surface area contributed by atoms with Crippen LogP contribution in [0.15, 0.2) is 54.7 Å². The van der Waals surface area contributed by atoms with Gasteiger partial charge in [0.15, 0.2) is 5.82 Å². The lowest BCUT2D eigenvalue weighted by Crippen LogP contribution is -2.51. The van der Waals surface area contributed by atoms with Gasteiger partial charge in [-0.05, 0) is 74.1 Å². The van der Waals surface area contributed by atoms with E-state index in [1.165, 1.54) is 12.8 Å². The molecule has 3 aromatic heterocycles. The Morgan fingerprint density at radius 2 is 1.63 bits per heavy atom. The summed E-state index contributed by atoms with van der Waals surface area (Å²) < 4.78 is 38.1. The van der Waals surface area contributed by atoms with Crippen molar-refractivity contribution in [2.45, 2.75) is 51.9 Å². The fraction of sp³-hybridized carbons (Fsp3) is 0.405. The van der Waals surface area contributed by atoms with Gasteiger partial charge in [-0.2, -0.15) is 0 Å². The summed E-state index contributed by atoms with van der Waals surface area (Å²) in [7, 11) is 1.59. The van der Waals surface area contributed by atoms with E-state index in [1.807, 2.05) is 30.0 Å². The standard InChI is InChI=1S/C37H39F2N7O3/c1-20-15-44(21(2)32(20)40)37(48)26-11-29-33(31(13-26)49-3)46(19-23-16-43(17-23)36(47)25-9-27(38)14-28(39)10-25)35(42-29)30-12-24-5-4-8-41-34(24)45(30)18-22-6-7-22/h4-5,8-14,20-23,32H,6-7,15-19,40H2,1-3H3. The molecule has 1 aliphatic carbocycles. The molecule has 5 aromatic rings. The van der Waals surface area contributed by atoms with E-state index in [1.54, 1.807) is 24.3 Å². The van der Waals surface area contributed by atoms with Gasteiger partial charge in [0.05, 0.1) is 18.3 Å². The number of nitrogens with zero attached hydrogens (tertiary/aromatic N) is 6. The van der Waals surface area contributed by atoms with Crippen LogP contribution in [0.2, 0.25) is 0 Å². The molecule has 2 amide bonds. The minimum absolute atomic E-state index is 0.0108. The van der Waals surface area contributed by atoms with E-state index in [0.717, 1.165) is 52.8 Å². The number of amides is 2. The number of hydrogen-bond donors (Lipinski definition) is 1. The molecule has 2 saturated heterocycles. The lowest BCUT2D eigenvalue weighted by atomic mass is 9.98. The van der Waals surface area contributed by atoms with E-state index in [0.29, 0.717) is 48.9 Å². The molecule has 3 aliphatic rings. The SMILES string of the molecule is COc1cc(C(=O)N2CC(C)C(N)C2C)cc2nc(-c3cc4cccnc4n3CC3CC3)n(CC3CN(C(=O)c4cc(F)cc(F)c4)C3)c12. The predicted molar refractivity (Wildman–Crippen MR) is 181 cm³/mol. The highest BCUT2D eigenvalue weighted by atomic mass is 19.1. The maximum atomic E-state index is 13.9. The van der Waals surface area contributed by atoms with Crippen LogP contribution in [0.5, 0.6) is 5.75 Å². The van der Waals surface area contributed by atoms with E-state index >= 15 is 0 Å². The van der Waals surface area contributed by atoms with Crippen molar-refractivity contribution in [2.75, 3.05) is 26.7 Å². The molecular formula is C37H39F2N7O3. The molecule has 254 valence electrons. The van der Waals surface area contributed by atoms with Crippen molar-refractivity contribution in [3.05, 3.63) is 77.5 Å². The van der Waals surface area contributed by atoms with Crippen LogP contribution in [0.4, 0.5) is 8.78 Å². The quantitative estimate of drug-likeness (QED) is 0.240. The normalized spacial score (nSPS) is 21.1. The summed E-state index contributed by atoms with van der Waals surface area (Å²) in [5, 5.41) is 1.01. The monoisotopic (exact) mass is 667 g/mol. The first-order chi connectivity index (χ1) is 23.6. The van der Waals surface area contributed by atoms with Gasteiger partial charge in [0, 0.05) is 79.5 Å².